The van der Waals surface area contributed by atoms with E-state index < -0.39 is 10.8 Å². The first kappa shape index (κ1) is 18.3. The van der Waals surface area contributed by atoms with Crippen LogP contribution < -0.4 is 5.32 Å². The maximum atomic E-state index is 12.5. The molecule has 2 aromatic carbocycles. The highest BCUT2D eigenvalue weighted by Gasteiger charge is 2.21. The van der Waals surface area contributed by atoms with E-state index in [1.54, 1.807) is 36.6 Å². The molecule has 1 atom stereocenters. The van der Waals surface area contributed by atoms with Crippen molar-refractivity contribution in [3.8, 4) is 0 Å². The van der Waals surface area contributed by atoms with Gasteiger partial charge in [0.15, 0.2) is 5.58 Å². The molecule has 0 bridgehead atoms. The lowest BCUT2D eigenvalue weighted by Crippen LogP contribution is -2.12. The predicted octanol–water partition coefficient (Wildman–Crippen LogP) is 4.26. The molecule has 0 aliphatic carbocycles. The van der Waals surface area contributed by atoms with Crippen LogP contribution in [0.1, 0.15) is 42.6 Å². The molecule has 0 fully saturated rings. The third kappa shape index (κ3) is 4.19. The highest BCUT2D eigenvalue weighted by atomic mass is 32.2. The van der Waals surface area contributed by atoms with Gasteiger partial charge in [0.1, 0.15) is 5.52 Å². The molecule has 1 amide bonds. The first-order valence-corrected chi connectivity index (χ1v) is 10.1. The van der Waals surface area contributed by atoms with Gasteiger partial charge in [0.05, 0.1) is 0 Å². The minimum atomic E-state index is -0.947. The van der Waals surface area contributed by atoms with E-state index >= 15 is 0 Å². The fraction of sp³-hybridized carbons (Fsp3) is 0.300. The fourth-order valence-corrected chi connectivity index (χ4v) is 3.22. The first-order chi connectivity index (χ1) is 12.2. The second kappa shape index (κ2) is 7.03. The molecule has 0 saturated carbocycles. The van der Waals surface area contributed by atoms with Crippen LogP contribution in [0.5, 0.6) is 0 Å². The summed E-state index contributed by atoms with van der Waals surface area (Å²) in [6.45, 7) is 6.12. The number of amides is 1. The van der Waals surface area contributed by atoms with Crippen LogP contribution in [0.4, 0.5) is 5.69 Å². The fourth-order valence-electron chi connectivity index (χ4n) is 2.57. The number of benzene rings is 2. The molecular weight excluding hydrogens is 348 g/mol. The lowest BCUT2D eigenvalue weighted by Gasteiger charge is -2.11. The van der Waals surface area contributed by atoms with E-state index in [4.69, 9.17) is 4.42 Å². The normalized spacial score (nSPS) is 12.9. The summed E-state index contributed by atoms with van der Waals surface area (Å²) >= 11 is 0. The van der Waals surface area contributed by atoms with Crippen LogP contribution in [-0.4, -0.2) is 21.4 Å². The molecule has 5 nitrogen and oxygen atoms in total. The largest absolute Gasteiger partial charge is 0.440 e. The molecule has 0 aliphatic heterocycles. The highest BCUT2D eigenvalue weighted by molar-refractivity contribution is 7.83. The minimum Gasteiger partial charge on any atom is -0.440 e. The molecule has 3 rings (SSSR count). The molecule has 0 spiro atoms. The van der Waals surface area contributed by atoms with E-state index in [1.807, 2.05) is 32.9 Å². The molecule has 26 heavy (non-hydrogen) atoms. The number of anilines is 1. The van der Waals surface area contributed by atoms with Gasteiger partial charge in [-0.1, -0.05) is 32.9 Å². The Labute approximate surface area is 155 Å². The van der Waals surface area contributed by atoms with Crippen molar-refractivity contribution in [1.29, 1.82) is 0 Å². The van der Waals surface area contributed by atoms with Gasteiger partial charge in [-0.15, -0.1) is 0 Å². The van der Waals surface area contributed by atoms with Gasteiger partial charge in [-0.2, -0.15) is 0 Å². The van der Waals surface area contributed by atoms with E-state index in [0.29, 0.717) is 34.0 Å². The molecule has 1 N–H and O–H groups in total. The van der Waals surface area contributed by atoms with Crippen LogP contribution in [0.2, 0.25) is 0 Å². The van der Waals surface area contributed by atoms with Gasteiger partial charge in [-0.25, -0.2) is 4.98 Å². The average molecular weight is 370 g/mol. The zero-order valence-corrected chi connectivity index (χ0v) is 16.1. The molecule has 0 saturated heterocycles. The molecule has 0 radical (unpaired) electrons. The number of hydrogen-bond acceptors (Lipinski definition) is 4. The summed E-state index contributed by atoms with van der Waals surface area (Å²) in [6, 6.07) is 12.6. The van der Waals surface area contributed by atoms with Crippen LogP contribution in [0, 0.1) is 0 Å². The van der Waals surface area contributed by atoms with Gasteiger partial charge in [-0.3, -0.25) is 9.00 Å². The van der Waals surface area contributed by atoms with Crippen molar-refractivity contribution in [2.24, 2.45) is 0 Å². The van der Waals surface area contributed by atoms with Gasteiger partial charge in [0.25, 0.3) is 5.91 Å². The third-order valence-electron chi connectivity index (χ3n) is 3.85. The number of oxazole rings is 1. The smallest absolute Gasteiger partial charge is 0.255 e. The number of hydrogen-bond donors (Lipinski definition) is 1. The summed E-state index contributed by atoms with van der Waals surface area (Å²) in [5.41, 5.74) is 3.29. The maximum Gasteiger partial charge on any atom is 0.255 e. The topological polar surface area (TPSA) is 72.2 Å². The molecule has 136 valence electrons. The Bertz CT molecular complexity index is 986. The molecule has 6 heteroatoms. The molecule has 1 aromatic heterocycles. The standard InChI is InChI=1S/C20H22N2O3S/c1-20(2,3)19-22-16-11-15(8-9-17(16)25-19)21-18(23)14-7-5-6-13(10-14)12-26(4)24/h5-11H,12H2,1-4H3,(H,21,23)/t26-/m0/s1. The Morgan fingerprint density at radius 2 is 1.96 bits per heavy atom. The van der Waals surface area contributed by atoms with Crippen molar-refractivity contribution < 1.29 is 13.4 Å². The van der Waals surface area contributed by atoms with Crippen molar-refractivity contribution >= 4 is 33.5 Å². The molecule has 0 unspecified atom stereocenters. The van der Waals surface area contributed by atoms with Crippen molar-refractivity contribution in [1.82, 2.24) is 4.98 Å². The van der Waals surface area contributed by atoms with E-state index in [-0.39, 0.29) is 11.3 Å². The van der Waals surface area contributed by atoms with Crippen molar-refractivity contribution in [3.63, 3.8) is 0 Å². The van der Waals surface area contributed by atoms with Gasteiger partial charge >= 0.3 is 0 Å². The average Bonchev–Trinajstić information content (AvgIpc) is 2.98. The summed E-state index contributed by atoms with van der Waals surface area (Å²) in [5, 5.41) is 2.88. The van der Waals surface area contributed by atoms with Crippen molar-refractivity contribution in [2.75, 3.05) is 11.6 Å². The number of fused-ring (bicyclic) bond motifs is 1. The SMILES string of the molecule is C[S@](=O)Cc1cccc(C(=O)Nc2ccc3oc(C(C)(C)C)nc3c2)c1. The van der Waals surface area contributed by atoms with E-state index in [2.05, 4.69) is 10.3 Å². The zero-order chi connectivity index (χ0) is 18.9. The van der Waals surface area contributed by atoms with Gasteiger partial charge in [0, 0.05) is 39.5 Å². The first-order valence-electron chi connectivity index (χ1n) is 8.34. The summed E-state index contributed by atoms with van der Waals surface area (Å²) in [5.74, 6) is 0.880. The monoisotopic (exact) mass is 370 g/mol. The van der Waals surface area contributed by atoms with Crippen molar-refractivity contribution in [3.05, 3.63) is 59.5 Å². The Kier molecular flexibility index (Phi) is 4.96. The Hall–Kier alpha value is -2.47. The third-order valence-corrected chi connectivity index (χ3v) is 4.59. The summed E-state index contributed by atoms with van der Waals surface area (Å²) < 4.78 is 17.2. The molecule has 1 heterocycles. The lowest BCUT2D eigenvalue weighted by molar-refractivity contribution is 0.102. The maximum absolute atomic E-state index is 12.5. The lowest BCUT2D eigenvalue weighted by atomic mass is 9.97. The van der Waals surface area contributed by atoms with E-state index in [1.165, 1.54) is 0 Å². The quantitative estimate of drug-likeness (QED) is 0.745. The van der Waals surface area contributed by atoms with Crippen molar-refractivity contribution in [2.45, 2.75) is 31.9 Å². The van der Waals surface area contributed by atoms with Crippen LogP contribution in [0.25, 0.3) is 11.1 Å². The van der Waals surface area contributed by atoms with Crippen LogP contribution in [-0.2, 0) is 22.0 Å². The Balaban J connectivity index is 1.82. The van der Waals surface area contributed by atoms with E-state index in [9.17, 15) is 9.00 Å². The van der Waals surface area contributed by atoms with Crippen LogP contribution >= 0.6 is 0 Å². The van der Waals surface area contributed by atoms with E-state index in [0.717, 1.165) is 5.56 Å². The second-order valence-electron chi connectivity index (χ2n) is 7.32. The van der Waals surface area contributed by atoms with Crippen LogP contribution in [0.15, 0.2) is 46.9 Å². The molecule has 3 aromatic rings. The number of carbonyl (C=O) groups excluding carboxylic acids is 1. The molecule has 0 aliphatic rings. The summed E-state index contributed by atoms with van der Waals surface area (Å²) in [6.07, 6.45) is 1.64. The Morgan fingerprint density at radius 3 is 2.65 bits per heavy atom. The van der Waals surface area contributed by atoms with Gasteiger partial charge < -0.3 is 9.73 Å². The van der Waals surface area contributed by atoms with Gasteiger partial charge in [-0.05, 0) is 35.9 Å². The predicted molar refractivity (Wildman–Crippen MR) is 105 cm³/mol. The van der Waals surface area contributed by atoms with Crippen LogP contribution in [0.3, 0.4) is 0 Å². The van der Waals surface area contributed by atoms with Gasteiger partial charge in [0.2, 0.25) is 5.89 Å². The highest BCUT2D eigenvalue weighted by Crippen LogP contribution is 2.27. The number of nitrogens with one attached hydrogen (secondary N) is 1. The second-order valence-corrected chi connectivity index (χ2v) is 8.76. The number of nitrogens with zero attached hydrogens (tertiary/aromatic N) is 1. The summed E-state index contributed by atoms with van der Waals surface area (Å²) in [4.78, 5) is 17.0. The summed E-state index contributed by atoms with van der Waals surface area (Å²) in [7, 11) is -0.947. The number of aromatic nitrogens is 1. The zero-order valence-electron chi connectivity index (χ0n) is 15.3. The minimum absolute atomic E-state index is 0.178. The number of rotatable bonds is 4. The Morgan fingerprint density at radius 1 is 1.19 bits per heavy atom. The number of carbonyl (C=O) groups is 1. The molecular formula is C20H22N2O3S.